The van der Waals surface area contributed by atoms with Crippen molar-refractivity contribution in [3.63, 3.8) is 0 Å². The number of rotatable bonds is 7. The van der Waals surface area contributed by atoms with Gasteiger partial charge in [0.1, 0.15) is 5.76 Å². The number of anilines is 1. The third-order valence-corrected chi connectivity index (χ3v) is 4.86. The van der Waals surface area contributed by atoms with Gasteiger partial charge < -0.3 is 37.0 Å². The predicted molar refractivity (Wildman–Crippen MR) is 99.1 cm³/mol. The summed E-state index contributed by atoms with van der Waals surface area (Å²) in [5.41, 5.74) is 15.1. The number of aryl methyl sites for hydroxylation is 1. The first-order valence-corrected chi connectivity index (χ1v) is 8.99. The largest absolute Gasteiger partial charge is 1.00 e. The van der Waals surface area contributed by atoms with Crippen LogP contribution in [-0.4, -0.2) is 53.6 Å². The Morgan fingerprint density at radius 2 is 1.92 bits per heavy atom. The monoisotopic (exact) mass is 385 g/mol. The Bertz CT molecular complexity index is 588. The quantitative estimate of drug-likeness (QED) is 0.363. The van der Waals surface area contributed by atoms with Gasteiger partial charge in [-0.3, -0.25) is 0 Å². The zero-order valence-electron chi connectivity index (χ0n) is 15.5. The van der Waals surface area contributed by atoms with Gasteiger partial charge in [-0.15, -0.1) is 0 Å². The summed E-state index contributed by atoms with van der Waals surface area (Å²) < 4.78 is 0. The van der Waals surface area contributed by atoms with E-state index in [-0.39, 0.29) is 69.8 Å². The normalized spacial score (nSPS) is 21.4. The topological polar surface area (TPSA) is 108 Å². The van der Waals surface area contributed by atoms with E-state index in [0.717, 1.165) is 51.0 Å². The second-order valence-electron chi connectivity index (χ2n) is 6.73. The summed E-state index contributed by atoms with van der Waals surface area (Å²) in [6.07, 6.45) is 3.36. The van der Waals surface area contributed by atoms with E-state index in [1.165, 1.54) is 5.56 Å². The Labute approximate surface area is 197 Å². The predicted octanol–water partition coefficient (Wildman–Crippen LogP) is -1.56. The molecular weight excluding hydrogens is 357 g/mol. The van der Waals surface area contributed by atoms with Gasteiger partial charge in [0.2, 0.25) is 0 Å². The molecule has 2 aliphatic heterocycles. The average Bonchev–Trinajstić information content (AvgIpc) is 2.98. The van der Waals surface area contributed by atoms with E-state index >= 15 is 0 Å². The van der Waals surface area contributed by atoms with Gasteiger partial charge in [0.05, 0.1) is 6.10 Å². The van der Waals surface area contributed by atoms with Crippen molar-refractivity contribution in [3.8, 4) is 0 Å². The second-order valence-corrected chi connectivity index (χ2v) is 6.73. The fourth-order valence-electron chi connectivity index (χ4n) is 3.25. The molecule has 1 aromatic carbocycles. The molecule has 0 radical (unpaired) electrons. The van der Waals surface area contributed by atoms with Gasteiger partial charge in [-0.05, 0) is 49.9 Å². The first-order valence-electron chi connectivity index (χ1n) is 8.99. The van der Waals surface area contributed by atoms with E-state index in [0.29, 0.717) is 5.70 Å². The van der Waals surface area contributed by atoms with E-state index in [1.54, 1.807) is 0 Å². The Balaban J connectivity index is 0.00000243. The van der Waals surface area contributed by atoms with Crippen LogP contribution in [0.25, 0.3) is 5.43 Å². The van der Waals surface area contributed by atoms with Crippen LogP contribution in [-0.2, 0) is 6.42 Å². The molecule has 6 N–H and O–H groups in total. The molecule has 138 valence electrons. The number of nitrogens with two attached hydrogens (primary N) is 1. The average molecular weight is 386 g/mol. The van der Waals surface area contributed by atoms with Crippen LogP contribution in [0.2, 0.25) is 0 Å². The van der Waals surface area contributed by atoms with Gasteiger partial charge in [0.25, 0.3) is 0 Å². The number of piperidine rings is 1. The number of aliphatic hydroxyl groups is 2. The number of hydrogen-bond donors (Lipinski definition) is 5. The molecule has 0 saturated carbocycles. The van der Waals surface area contributed by atoms with E-state index in [9.17, 15) is 10.2 Å². The maximum absolute atomic E-state index is 9.98. The Hall–Kier alpha value is -0.164. The molecule has 3 rings (SSSR count). The van der Waals surface area contributed by atoms with Gasteiger partial charge in [-0.2, -0.15) is 0 Å². The minimum atomic E-state index is -0.487. The molecule has 2 heterocycles. The van der Waals surface area contributed by atoms with Crippen molar-refractivity contribution in [2.24, 2.45) is 5.73 Å². The SMILES string of the molecule is NCC1=C(O)C(Nc2ccc(CCCN3CCC(O)CC3)cc2)[N-]N1.[K+]. The van der Waals surface area contributed by atoms with Crippen molar-refractivity contribution in [1.82, 2.24) is 10.3 Å². The van der Waals surface area contributed by atoms with E-state index in [1.807, 2.05) is 12.1 Å². The molecule has 8 heteroatoms. The molecule has 1 saturated heterocycles. The van der Waals surface area contributed by atoms with E-state index < -0.39 is 6.17 Å². The maximum Gasteiger partial charge on any atom is 1.00 e. The summed E-state index contributed by atoms with van der Waals surface area (Å²) in [4.78, 5) is 2.43. The Kier molecular flexibility index (Phi) is 9.35. The van der Waals surface area contributed by atoms with Gasteiger partial charge in [0, 0.05) is 37.2 Å². The Morgan fingerprint density at radius 1 is 1.23 bits per heavy atom. The minimum absolute atomic E-state index is 0. The van der Waals surface area contributed by atoms with Crippen molar-refractivity contribution in [2.45, 2.75) is 38.0 Å². The summed E-state index contributed by atoms with van der Waals surface area (Å²) in [5.74, 6) is 0.151. The summed E-state index contributed by atoms with van der Waals surface area (Å²) in [5, 5.41) is 22.7. The molecule has 0 aliphatic carbocycles. The summed E-state index contributed by atoms with van der Waals surface area (Å²) in [7, 11) is 0. The maximum atomic E-state index is 9.98. The van der Waals surface area contributed by atoms with Crippen molar-refractivity contribution in [1.29, 1.82) is 0 Å². The molecule has 1 unspecified atom stereocenters. The van der Waals surface area contributed by atoms with Crippen molar-refractivity contribution >= 4 is 5.69 Å². The fraction of sp³-hybridized carbons (Fsp3) is 0.556. The van der Waals surface area contributed by atoms with Crippen LogP contribution >= 0.6 is 0 Å². The van der Waals surface area contributed by atoms with Crippen LogP contribution in [0.15, 0.2) is 35.7 Å². The molecular formula is C18H28KN5O2. The van der Waals surface area contributed by atoms with Gasteiger partial charge in [-0.25, -0.2) is 0 Å². The van der Waals surface area contributed by atoms with Crippen LogP contribution in [0, 0.1) is 0 Å². The number of nitrogens with one attached hydrogen (secondary N) is 2. The minimum Gasteiger partial charge on any atom is -0.545 e. The molecule has 1 atom stereocenters. The second kappa shape index (κ2) is 11.0. The van der Waals surface area contributed by atoms with Gasteiger partial charge in [-0.1, -0.05) is 12.1 Å². The molecule has 7 nitrogen and oxygen atoms in total. The molecule has 1 aromatic rings. The first-order chi connectivity index (χ1) is 12.2. The van der Waals surface area contributed by atoms with Crippen molar-refractivity contribution in [2.75, 3.05) is 31.5 Å². The van der Waals surface area contributed by atoms with E-state index in [2.05, 4.69) is 33.2 Å². The molecule has 2 aliphatic rings. The molecule has 0 bridgehead atoms. The number of nitrogens with zero attached hydrogens (tertiary/aromatic N) is 2. The smallest absolute Gasteiger partial charge is 0.545 e. The van der Waals surface area contributed by atoms with Crippen molar-refractivity contribution < 1.29 is 61.6 Å². The first kappa shape index (κ1) is 22.1. The third-order valence-electron chi connectivity index (χ3n) is 4.86. The number of aliphatic hydroxyl groups excluding tert-OH is 2. The van der Waals surface area contributed by atoms with Crippen LogP contribution in [0.4, 0.5) is 5.69 Å². The van der Waals surface area contributed by atoms with E-state index in [4.69, 9.17) is 5.73 Å². The van der Waals surface area contributed by atoms with Crippen molar-refractivity contribution in [3.05, 3.63) is 46.7 Å². The van der Waals surface area contributed by atoms with Gasteiger partial charge >= 0.3 is 51.4 Å². The molecule has 1 fully saturated rings. The number of benzene rings is 1. The van der Waals surface area contributed by atoms with Crippen LogP contribution in [0.3, 0.4) is 0 Å². The zero-order chi connectivity index (χ0) is 17.6. The van der Waals surface area contributed by atoms with Gasteiger partial charge in [0.15, 0.2) is 0 Å². The molecule has 26 heavy (non-hydrogen) atoms. The summed E-state index contributed by atoms with van der Waals surface area (Å²) >= 11 is 0. The molecule has 0 spiro atoms. The fourth-order valence-corrected chi connectivity index (χ4v) is 3.25. The van der Waals surface area contributed by atoms with Crippen LogP contribution in [0.1, 0.15) is 24.8 Å². The molecule has 0 aromatic heterocycles. The molecule has 0 amide bonds. The van der Waals surface area contributed by atoms with Crippen LogP contribution in [0.5, 0.6) is 0 Å². The number of likely N-dealkylation sites (tertiary alicyclic amines) is 1. The summed E-state index contributed by atoms with van der Waals surface area (Å²) in [6.45, 7) is 3.33. The Morgan fingerprint density at radius 3 is 2.54 bits per heavy atom. The van der Waals surface area contributed by atoms with Crippen LogP contribution < -0.4 is 67.9 Å². The standard InChI is InChI=1S/C18H28N5O2.K/c19-12-16-17(25)18(22-21-16)20-14-5-3-13(4-6-14)2-1-9-23-10-7-15(24)8-11-23;/h3-6,15,18,20-21,24-25H,1-2,7-12,19H2;/q-1;+1. The third kappa shape index (κ3) is 6.18. The zero-order valence-corrected chi connectivity index (χ0v) is 18.6. The number of hydrogen-bond acceptors (Lipinski definition) is 6. The summed E-state index contributed by atoms with van der Waals surface area (Å²) in [6, 6.07) is 8.23.